The van der Waals surface area contributed by atoms with Crippen LogP contribution in [0.1, 0.15) is 5.56 Å². The molecule has 0 heterocycles. The van der Waals surface area contributed by atoms with Gasteiger partial charge in [0.2, 0.25) is 0 Å². The van der Waals surface area contributed by atoms with Crippen LogP contribution in [0.3, 0.4) is 0 Å². The number of aryl methyl sites for hydroxylation is 1. The Morgan fingerprint density at radius 3 is 2.13 bits per heavy atom. The van der Waals surface area contributed by atoms with Gasteiger partial charge in [0.1, 0.15) is 5.75 Å². The number of benzene rings is 2. The second-order valence-electron chi connectivity index (χ2n) is 3.41. The molecule has 0 aliphatic carbocycles. The van der Waals surface area contributed by atoms with E-state index >= 15 is 0 Å². The van der Waals surface area contributed by atoms with E-state index in [-0.39, 0.29) is 0 Å². The number of hydrogen-bond donors (Lipinski definition) is 0. The molecule has 0 aliphatic heterocycles. The Hall–Kier alpha value is -1.54. The van der Waals surface area contributed by atoms with Crippen LogP contribution < -0.4 is 4.43 Å². The smallest absolute Gasteiger partial charge is 0.341 e. The van der Waals surface area contributed by atoms with Crippen LogP contribution in [0, 0.1) is 6.92 Å². The van der Waals surface area contributed by atoms with Gasteiger partial charge in [-0.3, -0.25) is 0 Å². The Balaban J connectivity index is 2.59. The van der Waals surface area contributed by atoms with E-state index in [1.165, 1.54) is 11.1 Å². The van der Waals surface area contributed by atoms with Crippen molar-refractivity contribution in [1.82, 2.24) is 0 Å². The van der Waals surface area contributed by atoms with Crippen LogP contribution in [0.5, 0.6) is 5.75 Å². The summed E-state index contributed by atoms with van der Waals surface area (Å²) in [5.41, 5.74) is 3.55. The summed E-state index contributed by atoms with van der Waals surface area (Å²) in [5, 5.41) is 0. The monoisotopic (exact) mass is 211 g/mol. The van der Waals surface area contributed by atoms with Crippen molar-refractivity contribution in [1.29, 1.82) is 0 Å². The molecule has 15 heavy (non-hydrogen) atoms. The average molecular weight is 211 g/mol. The molecule has 0 amide bonds. The van der Waals surface area contributed by atoms with E-state index < -0.39 is 0 Å². The van der Waals surface area contributed by atoms with Crippen molar-refractivity contribution >= 4 is 10.5 Å². The fraction of sp³-hybridized carbons (Fsp3) is 0.0769. The largest absolute Gasteiger partial charge is 0.540 e. The first-order valence-electron chi connectivity index (χ1n) is 4.81. The molecule has 2 aromatic rings. The molecular weight excluding hydrogens is 200 g/mol. The summed E-state index contributed by atoms with van der Waals surface area (Å²) in [6.07, 6.45) is 0. The van der Waals surface area contributed by atoms with Crippen molar-refractivity contribution in [3.63, 3.8) is 0 Å². The summed E-state index contributed by atoms with van der Waals surface area (Å²) in [6, 6.07) is 16.2. The van der Waals surface area contributed by atoms with Crippen molar-refractivity contribution in [2.24, 2.45) is 0 Å². The molecule has 0 unspecified atom stereocenters. The quantitative estimate of drug-likeness (QED) is 0.693. The standard InChI is InChI=1S/C13H11OSi/c1-10-6-2-3-7-11(10)12-8-4-5-9-13(12)14-15/h2-9H,1H3. The Morgan fingerprint density at radius 2 is 1.47 bits per heavy atom. The number of hydrogen-bond acceptors (Lipinski definition) is 1. The van der Waals surface area contributed by atoms with Crippen molar-refractivity contribution in [2.45, 2.75) is 6.92 Å². The predicted octanol–water partition coefficient (Wildman–Crippen LogP) is 3.12. The van der Waals surface area contributed by atoms with Crippen molar-refractivity contribution in [3.8, 4) is 16.9 Å². The van der Waals surface area contributed by atoms with Gasteiger partial charge in [-0.15, -0.1) is 0 Å². The third-order valence-corrected chi connectivity index (χ3v) is 2.65. The summed E-state index contributed by atoms with van der Waals surface area (Å²) in [6.45, 7) is 2.10. The third kappa shape index (κ3) is 1.95. The van der Waals surface area contributed by atoms with E-state index in [0.717, 1.165) is 11.3 Å². The third-order valence-electron chi connectivity index (χ3n) is 2.43. The predicted molar refractivity (Wildman–Crippen MR) is 63.0 cm³/mol. The summed E-state index contributed by atoms with van der Waals surface area (Å²) in [5.74, 6) is 0.837. The first kappa shape index (κ1) is 9.99. The fourth-order valence-electron chi connectivity index (χ4n) is 1.65. The highest BCUT2D eigenvalue weighted by atomic mass is 28.2. The molecule has 2 rings (SSSR count). The molecule has 0 N–H and O–H groups in total. The molecule has 0 atom stereocenters. The molecule has 0 saturated heterocycles. The van der Waals surface area contributed by atoms with Gasteiger partial charge in [0.15, 0.2) is 0 Å². The van der Waals surface area contributed by atoms with E-state index in [1.807, 2.05) is 30.3 Å². The Morgan fingerprint density at radius 1 is 0.867 bits per heavy atom. The Labute approximate surface area is 93.3 Å². The van der Waals surface area contributed by atoms with Crippen LogP contribution in [0.4, 0.5) is 0 Å². The van der Waals surface area contributed by atoms with Crippen LogP contribution in [-0.4, -0.2) is 10.5 Å². The highest BCUT2D eigenvalue weighted by molar-refractivity contribution is 6.00. The highest BCUT2D eigenvalue weighted by Gasteiger charge is 2.05. The Bertz CT molecular complexity index is 466. The van der Waals surface area contributed by atoms with Crippen molar-refractivity contribution in [3.05, 3.63) is 54.1 Å². The molecule has 0 aliphatic rings. The molecule has 0 spiro atoms. The van der Waals surface area contributed by atoms with Crippen molar-refractivity contribution < 1.29 is 4.43 Å². The lowest BCUT2D eigenvalue weighted by Gasteiger charge is -2.10. The fourth-order valence-corrected chi connectivity index (χ4v) is 1.83. The first-order chi connectivity index (χ1) is 7.33. The molecule has 2 aromatic carbocycles. The summed E-state index contributed by atoms with van der Waals surface area (Å²) in [4.78, 5) is 0. The number of rotatable bonds is 2. The number of para-hydroxylation sites is 1. The van der Waals surface area contributed by atoms with E-state index in [2.05, 4.69) is 35.6 Å². The van der Waals surface area contributed by atoms with Gasteiger partial charge in [-0.05, 0) is 24.1 Å². The zero-order valence-electron chi connectivity index (χ0n) is 8.53. The maximum atomic E-state index is 5.16. The minimum absolute atomic E-state index is 0.837. The first-order valence-corrected chi connectivity index (χ1v) is 5.22. The second kappa shape index (κ2) is 4.32. The van der Waals surface area contributed by atoms with E-state index in [0.29, 0.717) is 0 Å². The van der Waals surface area contributed by atoms with Gasteiger partial charge < -0.3 is 4.43 Å². The SMILES string of the molecule is Cc1ccccc1-c1ccccc1O[Si]. The van der Waals surface area contributed by atoms with Crippen LogP contribution >= 0.6 is 0 Å². The van der Waals surface area contributed by atoms with Gasteiger partial charge in [-0.25, -0.2) is 0 Å². The lowest BCUT2D eigenvalue weighted by atomic mass is 10.00. The summed E-state index contributed by atoms with van der Waals surface area (Å²) in [7, 11) is 3.08. The molecule has 1 nitrogen and oxygen atoms in total. The van der Waals surface area contributed by atoms with Gasteiger partial charge in [0.05, 0.1) is 0 Å². The minimum atomic E-state index is 0.837. The molecule has 0 fully saturated rings. The minimum Gasteiger partial charge on any atom is -0.540 e. The van der Waals surface area contributed by atoms with Crippen LogP contribution in [0.25, 0.3) is 11.1 Å². The van der Waals surface area contributed by atoms with Gasteiger partial charge in [0.25, 0.3) is 0 Å². The maximum Gasteiger partial charge on any atom is 0.341 e. The molecule has 0 saturated carbocycles. The van der Waals surface area contributed by atoms with E-state index in [9.17, 15) is 0 Å². The molecule has 0 bridgehead atoms. The van der Waals surface area contributed by atoms with Gasteiger partial charge >= 0.3 is 10.5 Å². The van der Waals surface area contributed by atoms with Crippen LogP contribution in [-0.2, 0) is 0 Å². The molecule has 2 heteroatoms. The van der Waals surface area contributed by atoms with Crippen LogP contribution in [0.15, 0.2) is 48.5 Å². The lowest BCUT2D eigenvalue weighted by Crippen LogP contribution is -1.90. The summed E-state index contributed by atoms with van der Waals surface area (Å²) < 4.78 is 5.16. The molecular formula is C13H11OSi. The zero-order valence-corrected chi connectivity index (χ0v) is 9.53. The van der Waals surface area contributed by atoms with Gasteiger partial charge in [-0.1, -0.05) is 42.5 Å². The molecule has 73 valence electrons. The highest BCUT2D eigenvalue weighted by Crippen LogP contribution is 2.31. The zero-order chi connectivity index (χ0) is 10.7. The lowest BCUT2D eigenvalue weighted by molar-refractivity contribution is 0.618. The van der Waals surface area contributed by atoms with Gasteiger partial charge in [-0.2, -0.15) is 0 Å². The maximum absolute atomic E-state index is 5.16. The molecule has 0 aromatic heterocycles. The van der Waals surface area contributed by atoms with Crippen molar-refractivity contribution in [2.75, 3.05) is 0 Å². The van der Waals surface area contributed by atoms with Crippen LogP contribution in [0.2, 0.25) is 0 Å². The second-order valence-corrected chi connectivity index (χ2v) is 3.62. The Kier molecular flexibility index (Phi) is 2.88. The summed E-state index contributed by atoms with van der Waals surface area (Å²) >= 11 is 0. The topological polar surface area (TPSA) is 9.23 Å². The van der Waals surface area contributed by atoms with E-state index in [4.69, 9.17) is 4.43 Å². The normalized spacial score (nSPS) is 10.0. The van der Waals surface area contributed by atoms with Gasteiger partial charge in [0, 0.05) is 5.56 Å². The molecule has 3 radical (unpaired) electrons. The average Bonchev–Trinajstić information content (AvgIpc) is 2.30. The van der Waals surface area contributed by atoms with E-state index in [1.54, 1.807) is 0 Å².